The summed E-state index contributed by atoms with van der Waals surface area (Å²) < 4.78 is 0. The van der Waals surface area contributed by atoms with Crippen LogP contribution in [0.5, 0.6) is 0 Å². The Kier molecular flexibility index (Phi) is 38.2. The van der Waals surface area contributed by atoms with Crippen LogP contribution in [0.3, 0.4) is 0 Å². The van der Waals surface area contributed by atoms with Gasteiger partial charge in [-0.2, -0.15) is 0 Å². The first-order valence-electron chi connectivity index (χ1n) is 16.9. The van der Waals surface area contributed by atoms with E-state index in [1.807, 2.05) is 0 Å². The molecule has 384 valence electrons. The number of aliphatic carboxylic acids is 5. The molecule has 35 nitrogen and oxygen atoms in total. The van der Waals surface area contributed by atoms with E-state index in [-0.39, 0.29) is 18.9 Å². The molecule has 35 heteroatoms. The molecule has 0 fully saturated rings. The largest absolute Gasteiger partial charge is 0.479 e. The molecule has 20 unspecified atom stereocenters. The number of carbonyl (C=O) groups excluding carboxylic acids is 3. The van der Waals surface area contributed by atoms with Gasteiger partial charge in [0.05, 0.1) is 13.2 Å². The topological polar surface area (TPSA) is 683 Å². The summed E-state index contributed by atoms with van der Waals surface area (Å²) in [5.74, 6) is -9.11. The highest BCUT2D eigenvalue weighted by atomic mass is 16.5. The fourth-order valence-corrected chi connectivity index (χ4v) is 3.18. The van der Waals surface area contributed by atoms with Crippen molar-refractivity contribution in [3.8, 4) is 0 Å². The zero-order valence-corrected chi connectivity index (χ0v) is 32.5. The summed E-state index contributed by atoms with van der Waals surface area (Å²) in [5.41, 5.74) is 0. The van der Waals surface area contributed by atoms with E-state index in [9.17, 15) is 38.4 Å². The van der Waals surface area contributed by atoms with E-state index in [0.717, 1.165) is 0 Å². The highest BCUT2D eigenvalue weighted by Gasteiger charge is 2.39. The minimum absolute atomic E-state index is 0.0258. The van der Waals surface area contributed by atoms with Gasteiger partial charge in [-0.25, -0.2) is 24.0 Å². The molecule has 0 radical (unpaired) electrons. The van der Waals surface area contributed by atoms with E-state index in [1.165, 1.54) is 0 Å². The Hall–Kier alpha value is -4.52. The van der Waals surface area contributed by atoms with Gasteiger partial charge in [0.25, 0.3) is 0 Å². The van der Waals surface area contributed by atoms with Gasteiger partial charge in [-0.3, -0.25) is 0 Å². The molecule has 0 spiro atoms. The van der Waals surface area contributed by atoms with Crippen molar-refractivity contribution in [2.24, 2.45) is 0 Å². The standard InChI is InChI=1S/2C6H10O8.C6H10O7.2C6H12O6/c2*7-1(3(9)5(11)12)2(8)4(10)6(13)14;7-1-2(8)3(9)4(10)5(11)6(12)13;2*7-1-3(9)5(11)6(12)4(10)2-8/h2*1-4,7-10H,(H,11,12)(H,13,14);1-5,8-11H,(H,12,13);2*1,3-6,8-12H,2H2. The lowest BCUT2D eigenvalue weighted by atomic mass is 10.0. The lowest BCUT2D eigenvalue weighted by Gasteiger charge is -2.22. The molecular weight excluding hydrogens is 920 g/mol. The molecule has 65 heavy (non-hydrogen) atoms. The summed E-state index contributed by atoms with van der Waals surface area (Å²) in [5, 5.41) is 233. The van der Waals surface area contributed by atoms with Crippen LogP contribution < -0.4 is 0 Å². The molecule has 0 aliphatic carbocycles. The Morgan fingerprint density at radius 2 is 0.415 bits per heavy atom. The van der Waals surface area contributed by atoms with Crippen LogP contribution in [0, 0.1) is 0 Å². The van der Waals surface area contributed by atoms with Crippen LogP contribution in [0.15, 0.2) is 0 Å². The highest BCUT2D eigenvalue weighted by molar-refractivity contribution is 5.76. The Morgan fingerprint density at radius 3 is 0.538 bits per heavy atom. The summed E-state index contributed by atoms with van der Waals surface area (Å²) in [6.07, 6.45) is -40.6. The average molecular weight is 975 g/mol. The van der Waals surface area contributed by atoms with Crippen LogP contribution in [-0.4, -0.2) is 322 Å². The Labute approximate surface area is 360 Å². The summed E-state index contributed by atoms with van der Waals surface area (Å²) in [6, 6.07) is 0. The number of hydrogen-bond acceptors (Lipinski definition) is 30. The van der Waals surface area contributed by atoms with Gasteiger partial charge >= 0.3 is 29.8 Å². The Balaban J connectivity index is -0.000000231. The molecule has 27 N–H and O–H groups in total. The monoisotopic (exact) mass is 974 g/mol. The number of carbonyl (C=O) groups is 8. The number of aldehydes is 3. The summed E-state index contributed by atoms with van der Waals surface area (Å²) in [6.45, 7) is -1.52. The zero-order chi connectivity index (χ0) is 53.0. The first-order chi connectivity index (χ1) is 29.6. The van der Waals surface area contributed by atoms with Crippen molar-refractivity contribution in [1.82, 2.24) is 0 Å². The first kappa shape index (κ1) is 69.5. The molecule has 0 aliphatic heterocycles. The number of hydrogen-bond donors (Lipinski definition) is 27. The van der Waals surface area contributed by atoms with Crippen LogP contribution in [0.25, 0.3) is 0 Å². The predicted molar refractivity (Wildman–Crippen MR) is 191 cm³/mol. The van der Waals surface area contributed by atoms with Crippen LogP contribution in [-0.2, 0) is 38.4 Å². The van der Waals surface area contributed by atoms with Crippen LogP contribution in [0.1, 0.15) is 0 Å². The van der Waals surface area contributed by atoms with Crippen LogP contribution in [0.2, 0.25) is 0 Å². The van der Waals surface area contributed by atoms with Crippen LogP contribution in [0.4, 0.5) is 0 Å². The lowest BCUT2D eigenvalue weighted by molar-refractivity contribution is -0.172. The van der Waals surface area contributed by atoms with E-state index in [1.54, 1.807) is 0 Å². The maximum absolute atomic E-state index is 10.1. The van der Waals surface area contributed by atoms with Gasteiger partial charge in [0.1, 0.15) is 91.6 Å². The second-order valence-corrected chi connectivity index (χ2v) is 12.2. The number of carboxylic acids is 5. The van der Waals surface area contributed by atoms with Crippen molar-refractivity contribution < 1.29 is 176 Å². The average Bonchev–Trinajstić information content (AvgIpc) is 3.28. The minimum Gasteiger partial charge on any atom is -0.479 e. The van der Waals surface area contributed by atoms with E-state index in [4.69, 9.17) is 138 Å². The van der Waals surface area contributed by atoms with E-state index in [0.29, 0.717) is 0 Å². The SMILES string of the molecule is O=C(O)C(O)C(O)C(O)C(O)C(=O)O.O=C(O)C(O)C(O)C(O)C(O)C(=O)O.O=CC(O)C(O)C(O)C(O)C(=O)O.O=CC(O)C(O)C(O)C(O)CO.O=CC(O)C(O)C(O)C(O)CO. The molecule has 0 amide bonds. The smallest absolute Gasteiger partial charge is 0.335 e. The number of aliphatic hydroxyl groups excluding tert-OH is 22. The van der Waals surface area contributed by atoms with Gasteiger partial charge < -0.3 is 152 Å². The molecule has 0 heterocycles. The summed E-state index contributed by atoms with van der Waals surface area (Å²) in [4.78, 5) is 80.1. The molecule has 0 aromatic rings. The fraction of sp³-hybridized carbons (Fsp3) is 0.733. The molecular formula is C30H54O35. The normalized spacial score (nSPS) is 20.2. The molecule has 0 aromatic heterocycles. The van der Waals surface area contributed by atoms with Crippen molar-refractivity contribution in [3.05, 3.63) is 0 Å². The highest BCUT2D eigenvalue weighted by Crippen LogP contribution is 2.08. The van der Waals surface area contributed by atoms with Gasteiger partial charge in [0, 0.05) is 0 Å². The molecule has 0 aliphatic rings. The molecule has 0 rings (SSSR count). The number of aliphatic hydroxyl groups is 22. The molecule has 0 aromatic carbocycles. The summed E-state index contributed by atoms with van der Waals surface area (Å²) >= 11 is 0. The summed E-state index contributed by atoms with van der Waals surface area (Å²) in [7, 11) is 0. The van der Waals surface area contributed by atoms with Gasteiger partial charge in [-0.1, -0.05) is 0 Å². The molecule has 20 atom stereocenters. The third kappa shape index (κ3) is 26.9. The molecule has 0 saturated carbocycles. The fourth-order valence-electron chi connectivity index (χ4n) is 3.18. The maximum Gasteiger partial charge on any atom is 0.335 e. The van der Waals surface area contributed by atoms with Gasteiger partial charge in [-0.05, 0) is 0 Å². The van der Waals surface area contributed by atoms with Crippen molar-refractivity contribution in [2.45, 2.75) is 122 Å². The van der Waals surface area contributed by atoms with Crippen molar-refractivity contribution in [2.75, 3.05) is 13.2 Å². The van der Waals surface area contributed by atoms with E-state index in [2.05, 4.69) is 0 Å². The third-order valence-electron chi connectivity index (χ3n) is 7.26. The predicted octanol–water partition coefficient (Wildman–Crippen LogP) is -16.8. The Bertz CT molecular complexity index is 1260. The van der Waals surface area contributed by atoms with Crippen LogP contribution >= 0.6 is 0 Å². The lowest BCUT2D eigenvalue weighted by Crippen LogP contribution is -2.49. The van der Waals surface area contributed by atoms with Crippen molar-refractivity contribution in [3.63, 3.8) is 0 Å². The van der Waals surface area contributed by atoms with Gasteiger partial charge in [0.15, 0.2) is 49.4 Å². The second kappa shape index (κ2) is 35.7. The zero-order valence-electron chi connectivity index (χ0n) is 32.5. The van der Waals surface area contributed by atoms with E-state index >= 15 is 0 Å². The van der Waals surface area contributed by atoms with Crippen molar-refractivity contribution in [1.29, 1.82) is 0 Å². The van der Waals surface area contributed by atoms with E-state index < -0.39 is 165 Å². The second-order valence-electron chi connectivity index (χ2n) is 12.2. The minimum atomic E-state index is -2.36. The Morgan fingerprint density at radius 1 is 0.277 bits per heavy atom. The van der Waals surface area contributed by atoms with Crippen molar-refractivity contribution >= 4 is 48.7 Å². The number of carboxylic acid groups (broad SMARTS) is 5. The maximum atomic E-state index is 10.1. The molecule has 0 saturated heterocycles. The van der Waals surface area contributed by atoms with Gasteiger partial charge in [0.2, 0.25) is 0 Å². The quantitative estimate of drug-likeness (QED) is 0.0378. The third-order valence-corrected chi connectivity index (χ3v) is 7.26. The first-order valence-corrected chi connectivity index (χ1v) is 16.9. The number of rotatable bonds is 25. The molecule has 0 bridgehead atoms. The van der Waals surface area contributed by atoms with Gasteiger partial charge in [-0.15, -0.1) is 0 Å².